The number of rotatable bonds is 8. The van der Waals surface area contributed by atoms with Crippen LogP contribution in [0.4, 0.5) is 0 Å². The minimum atomic E-state index is -0.379. The molecule has 0 saturated carbocycles. The van der Waals surface area contributed by atoms with Crippen molar-refractivity contribution in [2.75, 3.05) is 0 Å². The zero-order valence-electron chi connectivity index (χ0n) is 9.32. The molecule has 3 N–H and O–H groups in total. The molecule has 0 amide bonds. The van der Waals surface area contributed by atoms with Crippen molar-refractivity contribution in [3.05, 3.63) is 0 Å². The lowest BCUT2D eigenvalue weighted by Crippen LogP contribution is -2.14. The van der Waals surface area contributed by atoms with Crippen LogP contribution in [-0.4, -0.2) is 33.6 Å². The molecule has 3 unspecified atom stereocenters. The molecule has 0 aromatic carbocycles. The van der Waals surface area contributed by atoms with E-state index in [2.05, 4.69) is 0 Å². The number of hydrogen-bond acceptors (Lipinski definition) is 3. The predicted octanol–water partition coefficient (Wildman–Crippen LogP) is 1.45. The average Bonchev–Trinajstić information content (AvgIpc) is 2.12. The maximum absolute atomic E-state index is 9.49. The van der Waals surface area contributed by atoms with E-state index >= 15 is 0 Å². The molecule has 86 valence electrons. The van der Waals surface area contributed by atoms with Gasteiger partial charge in [0.25, 0.3) is 0 Å². The zero-order chi connectivity index (χ0) is 11.0. The zero-order valence-corrected chi connectivity index (χ0v) is 9.32. The van der Waals surface area contributed by atoms with Gasteiger partial charge in [0, 0.05) is 0 Å². The first kappa shape index (κ1) is 13.9. The Hall–Kier alpha value is -0.120. The molecule has 3 heteroatoms. The van der Waals surface area contributed by atoms with Crippen LogP contribution in [0.5, 0.6) is 0 Å². The maximum atomic E-state index is 9.49. The van der Waals surface area contributed by atoms with Crippen LogP contribution in [0.15, 0.2) is 0 Å². The molecule has 0 saturated heterocycles. The molecule has 0 aromatic heterocycles. The van der Waals surface area contributed by atoms with E-state index in [0.29, 0.717) is 25.7 Å². The van der Waals surface area contributed by atoms with Gasteiger partial charge in [0.2, 0.25) is 0 Å². The Morgan fingerprint density at radius 1 is 0.786 bits per heavy atom. The lowest BCUT2D eigenvalue weighted by atomic mass is 10.0. The second-order valence-corrected chi connectivity index (χ2v) is 4.10. The average molecular weight is 204 g/mol. The third-order valence-electron chi connectivity index (χ3n) is 2.37. The highest BCUT2D eigenvalue weighted by atomic mass is 16.3. The number of aliphatic hydroxyl groups excluding tert-OH is 3. The van der Waals surface area contributed by atoms with Gasteiger partial charge in [-0.05, 0) is 39.0 Å². The van der Waals surface area contributed by atoms with E-state index in [1.807, 2.05) is 6.92 Å². The molecule has 0 radical (unpaired) electrons. The van der Waals surface area contributed by atoms with Crippen LogP contribution in [0.25, 0.3) is 0 Å². The Bertz CT molecular complexity index is 126. The smallest absolute Gasteiger partial charge is 0.0542 e. The van der Waals surface area contributed by atoms with E-state index in [1.54, 1.807) is 6.92 Å². The molecule has 0 fully saturated rings. The van der Waals surface area contributed by atoms with Gasteiger partial charge in [-0.3, -0.25) is 0 Å². The summed E-state index contributed by atoms with van der Waals surface area (Å²) < 4.78 is 0. The molecule has 0 aromatic rings. The standard InChI is InChI=1S/C11H24O3/c1-3-4-10(13)7-8-11(14)6-5-9(2)12/h9-14H,3-8H2,1-2H3. The molecule has 0 aliphatic rings. The molecule has 3 atom stereocenters. The van der Waals surface area contributed by atoms with Gasteiger partial charge in [-0.15, -0.1) is 0 Å². The van der Waals surface area contributed by atoms with E-state index in [1.165, 1.54) is 0 Å². The summed E-state index contributed by atoms with van der Waals surface area (Å²) in [5.74, 6) is 0. The third kappa shape index (κ3) is 8.48. The summed E-state index contributed by atoms with van der Waals surface area (Å²) in [4.78, 5) is 0. The van der Waals surface area contributed by atoms with Crippen LogP contribution < -0.4 is 0 Å². The highest BCUT2D eigenvalue weighted by Crippen LogP contribution is 2.11. The molecule has 0 aliphatic carbocycles. The quantitative estimate of drug-likeness (QED) is 0.561. The van der Waals surface area contributed by atoms with Gasteiger partial charge in [-0.2, -0.15) is 0 Å². The Morgan fingerprint density at radius 2 is 1.21 bits per heavy atom. The van der Waals surface area contributed by atoms with Crippen molar-refractivity contribution in [2.24, 2.45) is 0 Å². The van der Waals surface area contributed by atoms with Crippen LogP contribution in [-0.2, 0) is 0 Å². The van der Waals surface area contributed by atoms with Crippen LogP contribution in [0.2, 0.25) is 0 Å². The van der Waals surface area contributed by atoms with Gasteiger partial charge >= 0.3 is 0 Å². The summed E-state index contributed by atoms with van der Waals surface area (Å²) in [6.07, 6.45) is 3.33. The van der Waals surface area contributed by atoms with Gasteiger partial charge < -0.3 is 15.3 Å². The van der Waals surface area contributed by atoms with Crippen LogP contribution in [0.3, 0.4) is 0 Å². The lowest BCUT2D eigenvalue weighted by molar-refractivity contribution is 0.0894. The van der Waals surface area contributed by atoms with Crippen molar-refractivity contribution in [3.8, 4) is 0 Å². The summed E-state index contributed by atoms with van der Waals surface area (Å²) in [7, 11) is 0. The van der Waals surface area contributed by atoms with Gasteiger partial charge in [-0.25, -0.2) is 0 Å². The van der Waals surface area contributed by atoms with Crippen LogP contribution in [0, 0.1) is 0 Å². The Labute approximate surface area is 86.8 Å². The number of aliphatic hydroxyl groups is 3. The molecular weight excluding hydrogens is 180 g/mol. The van der Waals surface area contributed by atoms with Crippen LogP contribution >= 0.6 is 0 Å². The first-order chi connectivity index (χ1) is 6.56. The topological polar surface area (TPSA) is 60.7 Å². The molecule has 14 heavy (non-hydrogen) atoms. The summed E-state index contributed by atoms with van der Waals surface area (Å²) >= 11 is 0. The summed E-state index contributed by atoms with van der Waals surface area (Å²) in [6.45, 7) is 3.76. The summed E-state index contributed by atoms with van der Waals surface area (Å²) in [5.41, 5.74) is 0. The molecule has 0 aliphatic heterocycles. The van der Waals surface area contributed by atoms with Gasteiger partial charge in [0.05, 0.1) is 18.3 Å². The van der Waals surface area contributed by atoms with Crippen molar-refractivity contribution in [2.45, 2.75) is 70.7 Å². The van der Waals surface area contributed by atoms with Crippen molar-refractivity contribution in [1.82, 2.24) is 0 Å². The van der Waals surface area contributed by atoms with Gasteiger partial charge in [-0.1, -0.05) is 13.3 Å². The van der Waals surface area contributed by atoms with Crippen LogP contribution in [0.1, 0.15) is 52.4 Å². The third-order valence-corrected chi connectivity index (χ3v) is 2.37. The fourth-order valence-electron chi connectivity index (χ4n) is 1.44. The van der Waals surface area contributed by atoms with E-state index in [0.717, 1.165) is 12.8 Å². The largest absolute Gasteiger partial charge is 0.393 e. The molecule has 0 heterocycles. The van der Waals surface area contributed by atoms with E-state index in [9.17, 15) is 10.2 Å². The second kappa shape index (κ2) is 8.21. The summed E-state index contributed by atoms with van der Waals surface area (Å²) in [6, 6.07) is 0. The first-order valence-corrected chi connectivity index (χ1v) is 5.60. The van der Waals surface area contributed by atoms with E-state index in [-0.39, 0.29) is 18.3 Å². The fraction of sp³-hybridized carbons (Fsp3) is 1.00. The fourth-order valence-corrected chi connectivity index (χ4v) is 1.44. The highest BCUT2D eigenvalue weighted by Gasteiger charge is 2.09. The maximum Gasteiger partial charge on any atom is 0.0542 e. The molecule has 0 rings (SSSR count). The Morgan fingerprint density at radius 3 is 1.64 bits per heavy atom. The van der Waals surface area contributed by atoms with Crippen molar-refractivity contribution >= 4 is 0 Å². The first-order valence-electron chi connectivity index (χ1n) is 5.60. The monoisotopic (exact) mass is 204 g/mol. The van der Waals surface area contributed by atoms with Crippen molar-refractivity contribution in [3.63, 3.8) is 0 Å². The van der Waals surface area contributed by atoms with E-state index in [4.69, 9.17) is 5.11 Å². The van der Waals surface area contributed by atoms with Crippen molar-refractivity contribution < 1.29 is 15.3 Å². The minimum Gasteiger partial charge on any atom is -0.393 e. The molecular formula is C11H24O3. The van der Waals surface area contributed by atoms with E-state index < -0.39 is 0 Å². The van der Waals surface area contributed by atoms with Crippen molar-refractivity contribution in [1.29, 1.82) is 0 Å². The second-order valence-electron chi connectivity index (χ2n) is 4.10. The van der Waals surface area contributed by atoms with Gasteiger partial charge in [0.15, 0.2) is 0 Å². The Balaban J connectivity index is 3.38. The summed E-state index contributed by atoms with van der Waals surface area (Å²) in [5, 5.41) is 27.9. The molecule has 3 nitrogen and oxygen atoms in total. The highest BCUT2D eigenvalue weighted by molar-refractivity contribution is 4.62. The normalized spacial score (nSPS) is 17.8. The van der Waals surface area contributed by atoms with Gasteiger partial charge in [0.1, 0.15) is 0 Å². The SMILES string of the molecule is CCCC(O)CCC(O)CCC(C)O. The molecule has 0 spiro atoms. The number of hydrogen-bond donors (Lipinski definition) is 3. The molecule has 0 bridgehead atoms. The lowest BCUT2D eigenvalue weighted by Gasteiger charge is -2.14. The Kier molecular flexibility index (Phi) is 8.14. The predicted molar refractivity (Wildman–Crippen MR) is 57.1 cm³/mol. The minimum absolute atomic E-state index is 0.277.